The van der Waals surface area contributed by atoms with Crippen molar-refractivity contribution >= 4 is 27.8 Å². The minimum atomic E-state index is 0.446. The molecule has 1 N–H and O–H groups in total. The maximum atomic E-state index is 5.11. The highest BCUT2D eigenvalue weighted by Gasteiger charge is 2.03. The monoisotopic (exact) mass is 269 g/mol. The van der Waals surface area contributed by atoms with Gasteiger partial charge in [0.2, 0.25) is 0 Å². The van der Waals surface area contributed by atoms with Gasteiger partial charge in [-0.1, -0.05) is 11.2 Å². The van der Waals surface area contributed by atoms with E-state index in [0.29, 0.717) is 5.88 Å². The summed E-state index contributed by atoms with van der Waals surface area (Å²) in [4.78, 5) is 9.19. The molecule has 0 aliphatic heterocycles. The second-order valence-corrected chi connectivity index (χ2v) is 3.54. The van der Waals surface area contributed by atoms with Gasteiger partial charge in [-0.2, -0.15) is 0 Å². The van der Waals surface area contributed by atoms with Crippen LogP contribution in [0.25, 0.3) is 0 Å². The van der Waals surface area contributed by atoms with Crippen LogP contribution in [0.5, 0.6) is 5.88 Å². The molecular formula is C10H12BrN3O. The molecule has 1 heterocycles. The Bertz CT molecular complexity index is 377. The highest BCUT2D eigenvalue weighted by atomic mass is 79.9. The molecule has 0 radical (unpaired) electrons. The fraction of sp³-hybridized carbons (Fsp3) is 0.200. The lowest BCUT2D eigenvalue weighted by atomic mass is 10.4. The molecule has 0 fully saturated rings. The van der Waals surface area contributed by atoms with Gasteiger partial charge in [0.15, 0.2) is 0 Å². The quantitative estimate of drug-likeness (QED) is 0.676. The van der Waals surface area contributed by atoms with Crippen molar-refractivity contribution in [3.8, 4) is 5.88 Å². The summed E-state index contributed by atoms with van der Waals surface area (Å²) in [6.07, 6.45) is 6.85. The van der Waals surface area contributed by atoms with Crippen LogP contribution in [0.4, 0.5) is 5.69 Å². The first kappa shape index (κ1) is 11.7. The lowest BCUT2D eigenvalue weighted by Gasteiger charge is -2.04. The van der Waals surface area contributed by atoms with Crippen LogP contribution in [0.1, 0.15) is 6.92 Å². The molecule has 4 nitrogen and oxygen atoms in total. The normalized spacial score (nSPS) is 11.1. The Balaban J connectivity index is 2.76. The lowest BCUT2D eigenvalue weighted by Crippen LogP contribution is -1.95. The molecule has 0 bridgehead atoms. The van der Waals surface area contributed by atoms with Crippen molar-refractivity contribution in [1.29, 1.82) is 0 Å². The van der Waals surface area contributed by atoms with Crippen molar-refractivity contribution in [3.63, 3.8) is 0 Å². The number of aromatic nitrogens is 1. The Kier molecular flexibility index (Phi) is 4.83. The maximum absolute atomic E-state index is 5.11. The molecule has 0 amide bonds. The Morgan fingerprint density at radius 2 is 2.40 bits per heavy atom. The van der Waals surface area contributed by atoms with Crippen LogP contribution in [-0.4, -0.2) is 18.2 Å². The van der Waals surface area contributed by atoms with E-state index < -0.39 is 0 Å². The van der Waals surface area contributed by atoms with Crippen LogP contribution in [0.2, 0.25) is 0 Å². The molecule has 0 saturated carbocycles. The van der Waals surface area contributed by atoms with Gasteiger partial charge in [-0.3, -0.25) is 0 Å². The first-order valence-corrected chi connectivity index (χ1v) is 5.22. The van der Waals surface area contributed by atoms with Crippen LogP contribution in [0.3, 0.4) is 0 Å². The highest BCUT2D eigenvalue weighted by molar-refractivity contribution is 9.10. The zero-order valence-electron chi connectivity index (χ0n) is 8.57. The standard InChI is InChI=1S/C10H12BrN3O/c1-3-4-5-14-15-10-9(12-2)6-8(11)7-13-10/h3-7,12H,1-2H3/b4-3-,14-5-. The highest BCUT2D eigenvalue weighted by Crippen LogP contribution is 2.24. The van der Waals surface area contributed by atoms with Crippen molar-refractivity contribution in [2.24, 2.45) is 5.16 Å². The molecule has 0 unspecified atom stereocenters. The third kappa shape index (κ3) is 3.71. The van der Waals surface area contributed by atoms with E-state index in [9.17, 15) is 0 Å². The van der Waals surface area contributed by atoms with Crippen LogP contribution < -0.4 is 10.2 Å². The average molecular weight is 270 g/mol. The molecule has 0 atom stereocenters. The van der Waals surface area contributed by atoms with Gasteiger partial charge in [-0.15, -0.1) is 0 Å². The summed E-state index contributed by atoms with van der Waals surface area (Å²) in [6, 6.07) is 1.87. The van der Waals surface area contributed by atoms with E-state index in [1.165, 1.54) is 0 Å². The van der Waals surface area contributed by atoms with Crippen LogP contribution in [-0.2, 0) is 0 Å². The molecule has 1 rings (SSSR count). The van der Waals surface area contributed by atoms with E-state index in [4.69, 9.17) is 4.84 Å². The molecule has 1 aromatic heterocycles. The molecule has 0 aliphatic rings. The number of allylic oxidation sites excluding steroid dienone is 2. The van der Waals surface area contributed by atoms with Crippen LogP contribution in [0, 0.1) is 0 Å². The SMILES string of the molecule is C/C=C\C=N/Oc1ncc(Br)cc1NC. The minimum absolute atomic E-state index is 0.446. The van der Waals surface area contributed by atoms with Crippen LogP contribution in [0.15, 0.2) is 34.0 Å². The van der Waals surface area contributed by atoms with Gasteiger partial charge in [0, 0.05) is 17.7 Å². The summed E-state index contributed by atoms with van der Waals surface area (Å²) in [7, 11) is 1.80. The Morgan fingerprint density at radius 1 is 1.60 bits per heavy atom. The third-order valence-corrected chi connectivity index (χ3v) is 2.00. The van der Waals surface area contributed by atoms with Crippen molar-refractivity contribution < 1.29 is 4.84 Å². The molecule has 0 aromatic carbocycles. The predicted octanol–water partition coefficient (Wildman–Crippen LogP) is 2.83. The number of pyridine rings is 1. The van der Waals surface area contributed by atoms with Crippen LogP contribution >= 0.6 is 15.9 Å². The summed E-state index contributed by atoms with van der Waals surface area (Å²) < 4.78 is 0.886. The molecule has 1 aromatic rings. The van der Waals surface area contributed by atoms with E-state index >= 15 is 0 Å². The summed E-state index contributed by atoms with van der Waals surface area (Å²) in [5, 5.41) is 6.71. The summed E-state index contributed by atoms with van der Waals surface area (Å²) in [5.41, 5.74) is 0.780. The minimum Gasteiger partial charge on any atom is -0.384 e. The first-order valence-electron chi connectivity index (χ1n) is 4.43. The average Bonchev–Trinajstić information content (AvgIpc) is 2.26. The molecule has 0 saturated heterocycles. The Hall–Kier alpha value is -1.36. The van der Waals surface area contributed by atoms with Crippen molar-refractivity contribution in [1.82, 2.24) is 4.98 Å². The number of hydrogen-bond acceptors (Lipinski definition) is 4. The second-order valence-electron chi connectivity index (χ2n) is 2.63. The van der Waals surface area contributed by atoms with E-state index in [1.54, 1.807) is 25.5 Å². The fourth-order valence-electron chi connectivity index (χ4n) is 0.880. The number of anilines is 1. The molecule has 15 heavy (non-hydrogen) atoms. The lowest BCUT2D eigenvalue weighted by molar-refractivity contribution is 0.332. The van der Waals surface area contributed by atoms with Crippen molar-refractivity contribution in [3.05, 3.63) is 28.9 Å². The number of nitrogens with zero attached hydrogens (tertiary/aromatic N) is 2. The zero-order valence-corrected chi connectivity index (χ0v) is 10.2. The number of rotatable bonds is 4. The largest absolute Gasteiger partial charge is 0.384 e. The second kappa shape index (κ2) is 6.19. The van der Waals surface area contributed by atoms with Gasteiger partial charge < -0.3 is 10.2 Å². The van der Waals surface area contributed by atoms with E-state index in [0.717, 1.165) is 10.2 Å². The van der Waals surface area contributed by atoms with E-state index in [2.05, 4.69) is 31.4 Å². The van der Waals surface area contributed by atoms with Gasteiger partial charge in [0.25, 0.3) is 5.88 Å². The van der Waals surface area contributed by atoms with Gasteiger partial charge in [-0.05, 0) is 35.0 Å². The number of oxime groups is 1. The molecule has 0 aliphatic carbocycles. The van der Waals surface area contributed by atoms with E-state index in [-0.39, 0.29) is 0 Å². The van der Waals surface area contributed by atoms with Gasteiger partial charge in [0.05, 0.1) is 6.21 Å². The topological polar surface area (TPSA) is 46.5 Å². The molecular weight excluding hydrogens is 258 g/mol. The number of halogens is 1. The summed E-state index contributed by atoms with van der Waals surface area (Å²) in [5.74, 6) is 0.446. The van der Waals surface area contributed by atoms with Gasteiger partial charge in [0.1, 0.15) is 5.69 Å². The van der Waals surface area contributed by atoms with Gasteiger partial charge >= 0.3 is 0 Å². The third-order valence-electron chi connectivity index (χ3n) is 1.57. The molecule has 5 heteroatoms. The number of nitrogens with one attached hydrogen (secondary N) is 1. The molecule has 80 valence electrons. The van der Waals surface area contributed by atoms with Gasteiger partial charge in [-0.25, -0.2) is 4.98 Å². The first-order chi connectivity index (χ1) is 7.27. The predicted molar refractivity (Wildman–Crippen MR) is 65.4 cm³/mol. The maximum Gasteiger partial charge on any atom is 0.272 e. The number of hydrogen-bond donors (Lipinski definition) is 1. The fourth-order valence-corrected chi connectivity index (χ4v) is 1.21. The van der Waals surface area contributed by atoms with Crippen molar-refractivity contribution in [2.75, 3.05) is 12.4 Å². The summed E-state index contributed by atoms with van der Waals surface area (Å²) >= 11 is 3.32. The van der Waals surface area contributed by atoms with Crippen molar-refractivity contribution in [2.45, 2.75) is 6.92 Å². The molecule has 0 spiro atoms. The summed E-state index contributed by atoms with van der Waals surface area (Å²) in [6.45, 7) is 1.91. The Morgan fingerprint density at radius 3 is 3.07 bits per heavy atom. The zero-order chi connectivity index (χ0) is 11.1. The smallest absolute Gasteiger partial charge is 0.272 e. The Labute approximate surface area is 97.2 Å². The van der Waals surface area contributed by atoms with E-state index in [1.807, 2.05) is 19.1 Å².